The highest BCUT2D eigenvalue weighted by Crippen LogP contribution is 2.55. The fourth-order valence-electron chi connectivity index (χ4n) is 1.48. The summed E-state index contributed by atoms with van der Waals surface area (Å²) in [4.78, 5) is 23.6. The predicted molar refractivity (Wildman–Crippen MR) is 84.3 cm³/mol. The maximum absolute atomic E-state index is 11.4. The van der Waals surface area contributed by atoms with E-state index in [1.165, 1.54) is 0 Å². The molecule has 0 aliphatic rings. The van der Waals surface area contributed by atoms with Crippen LogP contribution >= 0.6 is 15.2 Å². The molecule has 0 unspecified atom stereocenters. The van der Waals surface area contributed by atoms with Gasteiger partial charge >= 0.3 is 26.8 Å². The first-order valence-electron chi connectivity index (χ1n) is 6.77. The van der Waals surface area contributed by atoms with E-state index in [0.29, 0.717) is 13.2 Å². The lowest BCUT2D eigenvalue weighted by Crippen LogP contribution is -2.22. The van der Waals surface area contributed by atoms with Crippen molar-refractivity contribution in [2.75, 3.05) is 19.5 Å². The molecule has 0 radical (unpaired) electrons. The Labute approximate surface area is 132 Å². The molecule has 2 N–H and O–H groups in total. The zero-order valence-electron chi connectivity index (χ0n) is 13.4. The first-order valence-corrected chi connectivity index (χ1v) is 10.1. The van der Waals surface area contributed by atoms with Gasteiger partial charge in [-0.1, -0.05) is 13.8 Å². The first-order chi connectivity index (χ1) is 10.1. The summed E-state index contributed by atoms with van der Waals surface area (Å²) in [5.41, 5.74) is 0. The van der Waals surface area contributed by atoms with Crippen molar-refractivity contribution in [2.45, 2.75) is 45.8 Å². The van der Waals surface area contributed by atoms with Gasteiger partial charge in [0.25, 0.3) is 0 Å². The minimum Gasteiger partial charge on any atom is -0.319 e. The Bertz CT molecular complexity index is 475. The van der Waals surface area contributed by atoms with E-state index in [-0.39, 0.29) is 19.1 Å². The van der Waals surface area contributed by atoms with Crippen LogP contribution in [0.25, 0.3) is 9.69 Å². The lowest BCUT2D eigenvalue weighted by molar-refractivity contribution is 0.222. The van der Waals surface area contributed by atoms with E-state index in [2.05, 4.69) is 9.69 Å². The Hall–Kier alpha value is -0.720. The monoisotopic (exact) mass is 354 g/mol. The van der Waals surface area contributed by atoms with E-state index in [1.807, 2.05) is 0 Å². The highest BCUT2D eigenvalue weighted by Gasteiger charge is 2.50. The molecule has 0 aromatic rings. The molecule has 0 aliphatic heterocycles. The Morgan fingerprint density at radius 2 is 1.41 bits per heavy atom. The minimum absolute atomic E-state index is 0.186. The minimum atomic E-state index is -4.26. The van der Waals surface area contributed by atoms with Crippen molar-refractivity contribution in [1.82, 2.24) is 0 Å². The molecule has 0 rings (SSSR count). The summed E-state index contributed by atoms with van der Waals surface area (Å²) in [7, 11) is -7.33. The smallest absolute Gasteiger partial charge is 0.319 e. The lowest BCUT2D eigenvalue weighted by atomic mass is 10.2. The van der Waals surface area contributed by atoms with E-state index in [0.717, 1.165) is 0 Å². The largest absolute Gasteiger partial charge is 0.410 e. The predicted octanol–water partition coefficient (Wildman–Crippen LogP) is 3.73. The molecule has 0 atom stereocenters. The van der Waals surface area contributed by atoms with Gasteiger partial charge in [-0.25, -0.2) is 13.1 Å². The molecule has 0 saturated heterocycles. The highest BCUT2D eigenvalue weighted by molar-refractivity contribution is 7.54. The third-order valence-electron chi connectivity index (χ3n) is 2.78. The maximum atomic E-state index is 11.4. The van der Waals surface area contributed by atoms with Crippen molar-refractivity contribution < 1.29 is 28.0 Å². The average Bonchev–Trinajstić information content (AvgIpc) is 2.41. The molecule has 128 valence electrons. The number of nitrogens with zero attached hydrogens (tertiary/aromatic N) is 2. The first kappa shape index (κ1) is 23.5. The van der Waals surface area contributed by atoms with Crippen molar-refractivity contribution in [2.24, 2.45) is 0 Å². The van der Waals surface area contributed by atoms with Gasteiger partial charge in [-0.05, 0) is 13.8 Å². The summed E-state index contributed by atoms with van der Waals surface area (Å²) in [6, 6.07) is 0. The zero-order valence-corrected chi connectivity index (χ0v) is 15.1. The van der Waals surface area contributed by atoms with Gasteiger partial charge in [0.15, 0.2) is 0 Å². The van der Waals surface area contributed by atoms with Crippen LogP contribution in [0.5, 0.6) is 0 Å². The SMILES string of the molecule is [C-]#[N+]C(CC)(CC)P(=O)(O)O.[C-]#[N+]CP(=O)(OCC)OCC. The van der Waals surface area contributed by atoms with E-state index in [9.17, 15) is 9.13 Å². The van der Waals surface area contributed by atoms with Crippen LogP contribution in [-0.4, -0.2) is 34.6 Å². The van der Waals surface area contributed by atoms with Gasteiger partial charge in [-0.3, -0.25) is 14.0 Å². The standard InChI is InChI=1S/2C6H12NO3P/c1-4-9-11(8,6-7-3)10-5-2;1-4-6(5-2,7-3)11(8,9)10/h4-6H2,1-2H3;4-5H2,1-2H3,(H2,8,9,10). The Morgan fingerprint density at radius 3 is 1.55 bits per heavy atom. The molecule has 0 heterocycles. The molecule has 0 spiro atoms. The van der Waals surface area contributed by atoms with Crippen LogP contribution < -0.4 is 0 Å². The van der Waals surface area contributed by atoms with Crippen molar-refractivity contribution in [3.05, 3.63) is 22.8 Å². The average molecular weight is 354 g/mol. The van der Waals surface area contributed by atoms with Crippen LogP contribution in [0.4, 0.5) is 0 Å². The second-order valence-corrected chi connectivity index (χ2v) is 8.03. The summed E-state index contributed by atoms with van der Waals surface area (Å²) in [5.74, 6) is 0. The molecule has 0 saturated carbocycles. The number of hydrogen-bond acceptors (Lipinski definition) is 4. The van der Waals surface area contributed by atoms with Crippen molar-refractivity contribution in [1.29, 1.82) is 0 Å². The van der Waals surface area contributed by atoms with Crippen LogP contribution in [0.15, 0.2) is 0 Å². The van der Waals surface area contributed by atoms with Gasteiger partial charge < -0.3 is 23.7 Å². The van der Waals surface area contributed by atoms with Gasteiger partial charge in [-0.2, -0.15) is 0 Å². The summed E-state index contributed by atoms with van der Waals surface area (Å²) >= 11 is 0. The third kappa shape index (κ3) is 7.51. The normalized spacial score (nSPS) is 11.8. The quantitative estimate of drug-likeness (QED) is 0.509. The number of rotatable bonds is 8. The topological polar surface area (TPSA) is 102 Å². The molecule has 0 aliphatic carbocycles. The van der Waals surface area contributed by atoms with Gasteiger partial charge in [0.05, 0.1) is 13.2 Å². The Balaban J connectivity index is 0. The Morgan fingerprint density at radius 1 is 1.00 bits per heavy atom. The Kier molecular flexibility index (Phi) is 11.7. The molecule has 0 aromatic carbocycles. The summed E-state index contributed by atoms with van der Waals surface area (Å²) in [5, 5.41) is -1.48. The van der Waals surface area contributed by atoms with Gasteiger partial charge in [0.2, 0.25) is 0 Å². The molecule has 0 amide bonds. The van der Waals surface area contributed by atoms with Gasteiger partial charge in [0, 0.05) is 12.8 Å². The van der Waals surface area contributed by atoms with Crippen molar-refractivity contribution in [3.63, 3.8) is 0 Å². The van der Waals surface area contributed by atoms with Crippen molar-refractivity contribution >= 4 is 15.2 Å². The van der Waals surface area contributed by atoms with Gasteiger partial charge in [-0.15, -0.1) is 0 Å². The van der Waals surface area contributed by atoms with Crippen molar-refractivity contribution in [3.8, 4) is 0 Å². The number of hydrogen-bond donors (Lipinski definition) is 2. The molecule has 10 heteroatoms. The van der Waals surface area contributed by atoms with Crippen LogP contribution in [0.1, 0.15) is 40.5 Å². The fourth-order valence-corrected chi connectivity index (χ4v) is 3.64. The van der Waals surface area contributed by atoms with Crippen LogP contribution in [0, 0.1) is 13.1 Å². The summed E-state index contributed by atoms with van der Waals surface area (Å²) in [6.07, 6.45) is 0.198. The van der Waals surface area contributed by atoms with Crippen LogP contribution in [0.3, 0.4) is 0 Å². The molecular formula is C12H24N2O6P2. The molecule has 0 bridgehead atoms. The fraction of sp³-hybridized carbons (Fsp3) is 0.833. The van der Waals surface area contributed by atoms with E-state index in [1.54, 1.807) is 27.7 Å². The zero-order chi connectivity index (χ0) is 17.9. The molecule has 8 nitrogen and oxygen atoms in total. The molecule has 0 fully saturated rings. The molecule has 0 aromatic heterocycles. The third-order valence-corrected chi connectivity index (χ3v) is 6.39. The second-order valence-electron chi connectivity index (χ2n) is 4.09. The lowest BCUT2D eigenvalue weighted by Gasteiger charge is -2.18. The highest BCUT2D eigenvalue weighted by atomic mass is 31.2. The molecule has 22 heavy (non-hydrogen) atoms. The van der Waals surface area contributed by atoms with E-state index >= 15 is 0 Å². The van der Waals surface area contributed by atoms with E-state index in [4.69, 9.17) is 32.0 Å². The van der Waals surface area contributed by atoms with Gasteiger partial charge in [0.1, 0.15) is 0 Å². The second kappa shape index (κ2) is 10.9. The van der Waals surface area contributed by atoms with E-state index < -0.39 is 20.5 Å². The van der Waals surface area contributed by atoms with Crippen LogP contribution in [0.2, 0.25) is 0 Å². The summed E-state index contributed by atoms with van der Waals surface area (Å²) < 4.78 is 31.8. The summed E-state index contributed by atoms with van der Waals surface area (Å²) in [6.45, 7) is 20.5. The molecular weight excluding hydrogens is 330 g/mol. The maximum Gasteiger partial charge on any atom is 0.410 e. The van der Waals surface area contributed by atoms with Crippen LogP contribution in [-0.2, 0) is 18.2 Å².